The molecule has 1 fully saturated rings. The molecule has 0 unspecified atom stereocenters. The number of alkyl halides is 3. The van der Waals surface area contributed by atoms with Crippen LogP contribution in [0.1, 0.15) is 82.1 Å². The average Bonchev–Trinajstić information content (AvgIpc) is 2.77. The normalized spacial score (nSPS) is 21.2. The molecular formula is C26H40F3N3O2. The topological polar surface area (TPSA) is 61.4 Å². The van der Waals surface area contributed by atoms with E-state index >= 15 is 0 Å². The summed E-state index contributed by atoms with van der Waals surface area (Å²) in [5, 5.41) is 5.54. The van der Waals surface area contributed by atoms with Gasteiger partial charge in [-0.3, -0.25) is 9.59 Å². The lowest BCUT2D eigenvalue weighted by Crippen LogP contribution is -2.51. The van der Waals surface area contributed by atoms with Gasteiger partial charge in [-0.05, 0) is 76.6 Å². The highest BCUT2D eigenvalue weighted by molar-refractivity contribution is 5.96. The second kappa shape index (κ2) is 12.6. The summed E-state index contributed by atoms with van der Waals surface area (Å²) in [7, 11) is 2.16. The zero-order chi connectivity index (χ0) is 25.5. The van der Waals surface area contributed by atoms with Gasteiger partial charge in [-0.25, -0.2) is 0 Å². The van der Waals surface area contributed by atoms with Crippen molar-refractivity contribution < 1.29 is 22.8 Å². The fourth-order valence-electron chi connectivity index (χ4n) is 4.69. The SMILES string of the molecule is CC(C)CCC[C@@H]1C[C@H](N(C)C(C)C)CC[C@@H]1NC(=O)CNC(=O)c1cccc(C(F)(F)F)c1. The fourth-order valence-corrected chi connectivity index (χ4v) is 4.69. The third-order valence-corrected chi connectivity index (χ3v) is 6.91. The van der Waals surface area contributed by atoms with E-state index in [9.17, 15) is 22.8 Å². The Hall–Kier alpha value is -2.09. The molecule has 34 heavy (non-hydrogen) atoms. The molecule has 2 N–H and O–H groups in total. The molecule has 0 radical (unpaired) electrons. The summed E-state index contributed by atoms with van der Waals surface area (Å²) in [5.74, 6) is -0.00880. The lowest BCUT2D eigenvalue weighted by atomic mass is 9.77. The van der Waals surface area contributed by atoms with Gasteiger partial charge in [0.05, 0.1) is 12.1 Å². The number of carbonyl (C=O) groups is 2. The molecule has 1 aromatic carbocycles. The minimum absolute atomic E-state index is 0.0435. The van der Waals surface area contributed by atoms with Crippen LogP contribution in [0.15, 0.2) is 24.3 Å². The number of hydrogen-bond acceptors (Lipinski definition) is 3. The predicted octanol–water partition coefficient (Wildman–Crippen LogP) is 5.26. The molecule has 2 rings (SSSR count). The van der Waals surface area contributed by atoms with Crippen molar-refractivity contribution in [1.29, 1.82) is 0 Å². The molecule has 1 aliphatic rings. The Morgan fingerprint density at radius 1 is 1.15 bits per heavy atom. The van der Waals surface area contributed by atoms with Crippen LogP contribution in [0, 0.1) is 11.8 Å². The van der Waals surface area contributed by atoms with E-state index in [2.05, 4.69) is 50.3 Å². The second-order valence-electron chi connectivity index (χ2n) is 10.2. The van der Waals surface area contributed by atoms with Crippen molar-refractivity contribution in [2.45, 2.75) is 90.5 Å². The molecule has 0 heterocycles. The Morgan fingerprint density at radius 2 is 1.85 bits per heavy atom. The lowest BCUT2D eigenvalue weighted by molar-refractivity contribution is -0.137. The van der Waals surface area contributed by atoms with Gasteiger partial charge >= 0.3 is 6.18 Å². The van der Waals surface area contributed by atoms with Crippen molar-refractivity contribution in [2.24, 2.45) is 11.8 Å². The van der Waals surface area contributed by atoms with Crippen LogP contribution in [-0.4, -0.2) is 48.4 Å². The standard InChI is InChI=1S/C26H40F3N3O2/c1-17(2)8-6-9-19-15-22(32(5)18(3)4)12-13-23(19)31-24(33)16-30-25(34)20-10-7-11-21(14-20)26(27,28)29/h7,10-11,14,17-19,22-23H,6,8-9,12-13,15-16H2,1-5H3,(H,30,34)(H,31,33)/t19-,22-,23+/m1/s1. The van der Waals surface area contributed by atoms with Crippen LogP contribution in [0.5, 0.6) is 0 Å². The Labute approximate surface area is 201 Å². The highest BCUT2D eigenvalue weighted by Crippen LogP contribution is 2.32. The maximum atomic E-state index is 12.9. The number of amides is 2. The van der Waals surface area contributed by atoms with Crippen LogP contribution < -0.4 is 10.6 Å². The van der Waals surface area contributed by atoms with Gasteiger partial charge in [0.15, 0.2) is 0 Å². The van der Waals surface area contributed by atoms with Crippen LogP contribution in [-0.2, 0) is 11.0 Å². The Kier molecular flexibility index (Phi) is 10.4. The third-order valence-electron chi connectivity index (χ3n) is 6.91. The fraction of sp³-hybridized carbons (Fsp3) is 0.692. The molecule has 0 bridgehead atoms. The number of nitrogens with zero attached hydrogens (tertiary/aromatic N) is 1. The van der Waals surface area contributed by atoms with Crippen LogP contribution in [0.4, 0.5) is 13.2 Å². The second-order valence-corrected chi connectivity index (χ2v) is 10.2. The quantitative estimate of drug-likeness (QED) is 0.478. The summed E-state index contributed by atoms with van der Waals surface area (Å²) in [5.41, 5.74) is -1.01. The maximum absolute atomic E-state index is 12.9. The van der Waals surface area contributed by atoms with E-state index in [1.165, 1.54) is 12.1 Å². The van der Waals surface area contributed by atoms with Crippen LogP contribution >= 0.6 is 0 Å². The first kappa shape index (κ1) is 28.1. The monoisotopic (exact) mass is 483 g/mol. The molecule has 2 amide bonds. The molecule has 1 saturated carbocycles. The van der Waals surface area contributed by atoms with E-state index < -0.39 is 17.6 Å². The molecule has 3 atom stereocenters. The van der Waals surface area contributed by atoms with E-state index in [1.54, 1.807) is 0 Å². The number of halogens is 3. The Morgan fingerprint density at radius 3 is 2.47 bits per heavy atom. The molecule has 192 valence electrons. The number of rotatable bonds is 10. The summed E-state index contributed by atoms with van der Waals surface area (Å²) in [6.07, 6.45) is 1.67. The van der Waals surface area contributed by atoms with E-state index in [-0.39, 0.29) is 24.1 Å². The van der Waals surface area contributed by atoms with Crippen molar-refractivity contribution in [3.8, 4) is 0 Å². The van der Waals surface area contributed by atoms with Crippen molar-refractivity contribution in [3.63, 3.8) is 0 Å². The first-order valence-corrected chi connectivity index (χ1v) is 12.3. The molecule has 1 aromatic rings. The van der Waals surface area contributed by atoms with Gasteiger partial charge in [0.25, 0.3) is 5.91 Å². The highest BCUT2D eigenvalue weighted by Gasteiger charge is 2.34. The number of carbonyl (C=O) groups excluding carboxylic acids is 2. The van der Waals surface area contributed by atoms with Crippen LogP contribution in [0.2, 0.25) is 0 Å². The zero-order valence-electron chi connectivity index (χ0n) is 21.0. The smallest absolute Gasteiger partial charge is 0.352 e. The molecule has 1 aliphatic carbocycles. The minimum atomic E-state index is -4.53. The largest absolute Gasteiger partial charge is 0.416 e. The lowest BCUT2D eigenvalue weighted by Gasteiger charge is -2.42. The molecule has 0 aliphatic heterocycles. The van der Waals surface area contributed by atoms with Gasteiger partial charge in [-0.1, -0.05) is 32.8 Å². The number of benzene rings is 1. The summed E-state index contributed by atoms with van der Waals surface area (Å²) in [6, 6.07) is 5.19. The minimum Gasteiger partial charge on any atom is -0.352 e. The Balaban J connectivity index is 1.94. The number of nitrogens with one attached hydrogen (secondary N) is 2. The van der Waals surface area contributed by atoms with Crippen molar-refractivity contribution in [2.75, 3.05) is 13.6 Å². The molecule has 5 nitrogen and oxygen atoms in total. The Bertz CT molecular complexity index is 811. The van der Waals surface area contributed by atoms with Crippen molar-refractivity contribution in [3.05, 3.63) is 35.4 Å². The molecular weight excluding hydrogens is 443 g/mol. The van der Waals surface area contributed by atoms with E-state index in [1.807, 2.05) is 0 Å². The summed E-state index contributed by atoms with van der Waals surface area (Å²) in [4.78, 5) is 27.3. The average molecular weight is 484 g/mol. The summed E-state index contributed by atoms with van der Waals surface area (Å²) in [6.45, 7) is 8.54. The zero-order valence-corrected chi connectivity index (χ0v) is 21.0. The molecule has 0 aromatic heterocycles. The van der Waals surface area contributed by atoms with Crippen LogP contribution in [0.3, 0.4) is 0 Å². The van der Waals surface area contributed by atoms with Crippen LogP contribution in [0.25, 0.3) is 0 Å². The van der Waals surface area contributed by atoms with Gasteiger partial charge in [-0.15, -0.1) is 0 Å². The number of hydrogen-bond donors (Lipinski definition) is 2. The van der Waals surface area contributed by atoms with E-state index in [0.29, 0.717) is 23.9 Å². The summed E-state index contributed by atoms with van der Waals surface area (Å²) >= 11 is 0. The highest BCUT2D eigenvalue weighted by atomic mass is 19.4. The third kappa shape index (κ3) is 8.60. The van der Waals surface area contributed by atoms with Gasteiger partial charge < -0.3 is 15.5 Å². The maximum Gasteiger partial charge on any atom is 0.416 e. The predicted molar refractivity (Wildman–Crippen MR) is 128 cm³/mol. The molecule has 8 heteroatoms. The first-order chi connectivity index (χ1) is 15.9. The van der Waals surface area contributed by atoms with Crippen molar-refractivity contribution >= 4 is 11.8 Å². The van der Waals surface area contributed by atoms with E-state index in [4.69, 9.17) is 0 Å². The first-order valence-electron chi connectivity index (χ1n) is 12.3. The van der Waals surface area contributed by atoms with Gasteiger partial charge in [0, 0.05) is 23.7 Å². The van der Waals surface area contributed by atoms with Gasteiger partial charge in [-0.2, -0.15) is 13.2 Å². The summed E-state index contributed by atoms with van der Waals surface area (Å²) < 4.78 is 38.7. The van der Waals surface area contributed by atoms with Gasteiger partial charge in [0.2, 0.25) is 5.91 Å². The van der Waals surface area contributed by atoms with Gasteiger partial charge in [0.1, 0.15) is 0 Å². The van der Waals surface area contributed by atoms with Crippen molar-refractivity contribution in [1.82, 2.24) is 15.5 Å². The van der Waals surface area contributed by atoms with E-state index in [0.717, 1.165) is 50.7 Å². The molecule has 0 spiro atoms. The molecule has 0 saturated heterocycles.